The van der Waals surface area contributed by atoms with Gasteiger partial charge in [0.2, 0.25) is 5.91 Å². The minimum Gasteiger partial charge on any atom is -0.507 e. The van der Waals surface area contributed by atoms with Gasteiger partial charge in [0, 0.05) is 61.8 Å². The van der Waals surface area contributed by atoms with E-state index >= 15 is 0 Å². The Hall–Kier alpha value is -4.10. The average molecular weight is 485 g/mol. The summed E-state index contributed by atoms with van der Waals surface area (Å²) >= 11 is 0. The normalized spacial score (nSPS) is 15.2. The molecule has 36 heavy (non-hydrogen) atoms. The maximum Gasteiger partial charge on any atom is 0.223 e. The Morgan fingerprint density at radius 2 is 1.56 bits per heavy atom. The molecule has 0 radical (unpaired) electrons. The molecule has 2 heterocycles. The summed E-state index contributed by atoms with van der Waals surface area (Å²) in [6.45, 7) is 2.85. The van der Waals surface area contributed by atoms with E-state index in [0.717, 1.165) is 24.7 Å². The van der Waals surface area contributed by atoms with Crippen LogP contribution in [0.4, 0.5) is 0 Å². The molecule has 1 atom stereocenters. The average Bonchev–Trinajstić information content (AvgIpc) is 2.89. The Balaban J connectivity index is 1.68. The van der Waals surface area contributed by atoms with E-state index < -0.39 is 11.3 Å². The summed E-state index contributed by atoms with van der Waals surface area (Å²) in [6.07, 6.45) is 0.0838. The molecule has 7 nitrogen and oxygen atoms in total. The number of hydrogen-bond donors (Lipinski definition) is 2. The Bertz CT molecular complexity index is 1440. The van der Waals surface area contributed by atoms with Gasteiger partial charge < -0.3 is 24.4 Å². The predicted molar refractivity (Wildman–Crippen MR) is 138 cm³/mol. The van der Waals surface area contributed by atoms with E-state index in [1.165, 1.54) is 6.07 Å². The van der Waals surface area contributed by atoms with Gasteiger partial charge in [-0.2, -0.15) is 0 Å². The third-order valence-electron chi connectivity index (χ3n) is 6.84. The molecule has 1 fully saturated rings. The molecule has 1 amide bonds. The second-order valence-corrected chi connectivity index (χ2v) is 9.23. The summed E-state index contributed by atoms with van der Waals surface area (Å²) in [4.78, 5) is 30.6. The number of carbonyl (C=O) groups is 1. The zero-order chi connectivity index (χ0) is 25.2. The van der Waals surface area contributed by atoms with Gasteiger partial charge in [-0.25, -0.2) is 0 Å². The highest BCUT2D eigenvalue weighted by molar-refractivity contribution is 5.91. The summed E-state index contributed by atoms with van der Waals surface area (Å²) in [5, 5.41) is 21.6. The highest BCUT2D eigenvalue weighted by atomic mass is 16.3. The number of hydrogen-bond acceptors (Lipinski definition) is 6. The number of amides is 1. The molecule has 5 rings (SSSR count). The van der Waals surface area contributed by atoms with Crippen molar-refractivity contribution in [1.29, 1.82) is 0 Å². The number of benzene rings is 3. The lowest BCUT2D eigenvalue weighted by atomic mass is 9.86. The minimum atomic E-state index is -0.587. The van der Waals surface area contributed by atoms with E-state index in [0.29, 0.717) is 30.0 Å². The van der Waals surface area contributed by atoms with E-state index in [1.807, 2.05) is 72.6 Å². The number of carbonyl (C=O) groups excluding carboxylic acids is 1. The van der Waals surface area contributed by atoms with Gasteiger partial charge >= 0.3 is 0 Å². The maximum atomic E-state index is 13.4. The third-order valence-corrected chi connectivity index (χ3v) is 6.84. The van der Waals surface area contributed by atoms with Crippen LogP contribution in [-0.4, -0.2) is 59.1 Å². The highest BCUT2D eigenvalue weighted by Gasteiger charge is 2.30. The molecule has 1 aliphatic rings. The van der Waals surface area contributed by atoms with Crippen molar-refractivity contribution in [2.24, 2.45) is 0 Å². The number of phenolic OH excluding ortho intramolecular Hbond substituents is 2. The van der Waals surface area contributed by atoms with Crippen molar-refractivity contribution in [2.75, 3.05) is 33.2 Å². The number of fused-ring (bicyclic) bond motifs is 1. The molecule has 0 unspecified atom stereocenters. The van der Waals surface area contributed by atoms with Gasteiger partial charge in [-0.05, 0) is 12.6 Å². The van der Waals surface area contributed by atoms with Crippen molar-refractivity contribution in [3.05, 3.63) is 94.1 Å². The molecular formula is C29H28N2O5. The van der Waals surface area contributed by atoms with Gasteiger partial charge in [-0.1, -0.05) is 60.7 Å². The topological polar surface area (TPSA) is 94.2 Å². The van der Waals surface area contributed by atoms with Crippen molar-refractivity contribution < 1.29 is 19.4 Å². The molecule has 1 saturated heterocycles. The second kappa shape index (κ2) is 9.87. The molecule has 0 spiro atoms. The van der Waals surface area contributed by atoms with E-state index in [9.17, 15) is 19.8 Å². The lowest BCUT2D eigenvalue weighted by Crippen LogP contribution is -2.47. The van der Waals surface area contributed by atoms with Crippen LogP contribution in [0.2, 0.25) is 0 Å². The number of piperazine rings is 1. The molecular weight excluding hydrogens is 456 g/mol. The molecule has 0 aliphatic carbocycles. The molecule has 2 N–H and O–H groups in total. The molecule has 1 aliphatic heterocycles. The third kappa shape index (κ3) is 4.57. The van der Waals surface area contributed by atoms with E-state index in [-0.39, 0.29) is 34.8 Å². The first kappa shape index (κ1) is 23.6. The van der Waals surface area contributed by atoms with Crippen molar-refractivity contribution >= 4 is 16.9 Å². The summed E-state index contributed by atoms with van der Waals surface area (Å²) in [5.41, 5.74) is 1.46. The number of nitrogens with zero attached hydrogens (tertiary/aromatic N) is 2. The SMILES string of the molecule is CN1CCN(C(=O)C[C@H](c2ccccc2)c2c(O)cc(O)c3c(=O)cc(-c4ccccc4)oc23)CC1. The Labute approximate surface area is 208 Å². The van der Waals surface area contributed by atoms with Crippen molar-refractivity contribution in [1.82, 2.24) is 9.80 Å². The molecule has 3 aromatic carbocycles. The molecule has 0 saturated carbocycles. The van der Waals surface area contributed by atoms with Crippen LogP contribution in [0, 0.1) is 0 Å². The number of phenols is 2. The van der Waals surface area contributed by atoms with Gasteiger partial charge in [-0.15, -0.1) is 0 Å². The van der Waals surface area contributed by atoms with Crippen LogP contribution in [0.1, 0.15) is 23.5 Å². The van der Waals surface area contributed by atoms with E-state index in [4.69, 9.17) is 4.42 Å². The monoisotopic (exact) mass is 484 g/mol. The smallest absolute Gasteiger partial charge is 0.223 e. The van der Waals surface area contributed by atoms with Gasteiger partial charge in [0.05, 0.1) is 0 Å². The summed E-state index contributed by atoms with van der Waals surface area (Å²) in [5.74, 6) is -0.906. The van der Waals surface area contributed by atoms with Gasteiger partial charge in [0.15, 0.2) is 5.43 Å². The standard InChI is InChI=1S/C29H28N2O5/c1-30-12-14-31(15-13-30)26(35)16-21(19-8-4-2-5-9-19)27-22(32)17-23(33)28-24(34)18-25(36-29(27)28)20-10-6-3-7-11-20/h2-11,17-18,21,32-33H,12-16H2,1H3/t21-/m1/s1. The number of rotatable bonds is 5. The van der Waals surface area contributed by atoms with Crippen LogP contribution < -0.4 is 5.43 Å². The fourth-order valence-corrected chi connectivity index (χ4v) is 4.83. The molecule has 7 heteroatoms. The van der Waals surface area contributed by atoms with Crippen LogP contribution in [-0.2, 0) is 4.79 Å². The van der Waals surface area contributed by atoms with Crippen LogP contribution in [0.25, 0.3) is 22.3 Å². The second-order valence-electron chi connectivity index (χ2n) is 9.23. The van der Waals surface area contributed by atoms with Crippen LogP contribution in [0.5, 0.6) is 11.5 Å². The largest absolute Gasteiger partial charge is 0.507 e. The maximum absolute atomic E-state index is 13.4. The predicted octanol–water partition coefficient (Wildman–Crippen LogP) is 4.17. The van der Waals surface area contributed by atoms with Crippen molar-refractivity contribution in [2.45, 2.75) is 12.3 Å². The molecule has 4 aromatic rings. The van der Waals surface area contributed by atoms with E-state index in [1.54, 1.807) is 0 Å². The highest BCUT2D eigenvalue weighted by Crippen LogP contribution is 2.43. The zero-order valence-corrected chi connectivity index (χ0v) is 20.1. The number of likely N-dealkylation sites (N-methyl/N-ethyl adjacent to an activating group) is 1. The quantitative estimate of drug-likeness (QED) is 0.442. The summed E-state index contributed by atoms with van der Waals surface area (Å²) in [7, 11) is 2.03. The van der Waals surface area contributed by atoms with Crippen molar-refractivity contribution in [3.8, 4) is 22.8 Å². The molecule has 1 aromatic heterocycles. The Kier molecular flexibility index (Phi) is 6.48. The van der Waals surface area contributed by atoms with E-state index in [2.05, 4.69) is 4.90 Å². The molecule has 184 valence electrons. The summed E-state index contributed by atoms with van der Waals surface area (Å²) in [6, 6.07) is 21.1. The van der Waals surface area contributed by atoms with Gasteiger partial charge in [0.1, 0.15) is 28.2 Å². The van der Waals surface area contributed by atoms with Crippen LogP contribution >= 0.6 is 0 Å². The van der Waals surface area contributed by atoms with Gasteiger partial charge in [0.25, 0.3) is 0 Å². The zero-order valence-electron chi connectivity index (χ0n) is 20.1. The summed E-state index contributed by atoms with van der Waals surface area (Å²) < 4.78 is 6.21. The van der Waals surface area contributed by atoms with Crippen molar-refractivity contribution in [3.63, 3.8) is 0 Å². The van der Waals surface area contributed by atoms with Crippen LogP contribution in [0.15, 0.2) is 82.0 Å². The fraction of sp³-hybridized carbons (Fsp3) is 0.241. The van der Waals surface area contributed by atoms with Gasteiger partial charge in [-0.3, -0.25) is 9.59 Å². The first-order chi connectivity index (χ1) is 17.4. The lowest BCUT2D eigenvalue weighted by molar-refractivity contribution is -0.133. The molecule has 0 bridgehead atoms. The number of aromatic hydroxyl groups is 2. The Morgan fingerprint density at radius 3 is 2.22 bits per heavy atom. The minimum absolute atomic E-state index is 0.0181. The van der Waals surface area contributed by atoms with Crippen LogP contribution in [0.3, 0.4) is 0 Å². The Morgan fingerprint density at radius 1 is 0.917 bits per heavy atom. The lowest BCUT2D eigenvalue weighted by Gasteiger charge is -2.33. The fourth-order valence-electron chi connectivity index (χ4n) is 4.83. The first-order valence-electron chi connectivity index (χ1n) is 12.0. The first-order valence-corrected chi connectivity index (χ1v) is 12.0.